The van der Waals surface area contributed by atoms with E-state index >= 15 is 0 Å². The number of carbonyl (C=O) groups excluding carboxylic acids is 2. The Morgan fingerprint density at radius 1 is 0.714 bits per heavy atom. The average Bonchev–Trinajstić information content (AvgIpc) is 2.88. The van der Waals surface area contributed by atoms with Gasteiger partial charge < -0.3 is 14.2 Å². The van der Waals surface area contributed by atoms with Gasteiger partial charge in [0.2, 0.25) is 11.1 Å². The van der Waals surface area contributed by atoms with E-state index in [1.165, 1.54) is 57.7 Å². The first-order valence-corrected chi connectivity index (χ1v) is 12.7. The van der Waals surface area contributed by atoms with Gasteiger partial charge in [-0.25, -0.2) is 4.79 Å². The third-order valence-corrected chi connectivity index (χ3v) is 8.61. The van der Waals surface area contributed by atoms with E-state index in [0.717, 1.165) is 0 Å². The molecule has 0 N–H and O–H groups in total. The van der Waals surface area contributed by atoms with E-state index in [2.05, 4.69) is 0 Å². The Morgan fingerprint density at radius 2 is 1.20 bits per heavy atom. The zero-order chi connectivity index (χ0) is 26.0. The predicted octanol–water partition coefficient (Wildman–Crippen LogP) is 7.50. The number of hydrogen-bond donors (Lipinski definition) is 0. The smallest absolute Gasteiger partial charge is 0.459 e. The van der Waals surface area contributed by atoms with Crippen molar-refractivity contribution in [2.45, 2.75) is 0 Å². The maximum atomic E-state index is 13.5. The number of methoxy groups -OCH3 is 3. The molecule has 0 saturated heterocycles. The Hall–Kier alpha value is -2.05. The van der Waals surface area contributed by atoms with Gasteiger partial charge in [0, 0.05) is 12.1 Å². The molecule has 3 rings (SSSR count). The number of halogens is 5. The van der Waals surface area contributed by atoms with Crippen LogP contribution in [0.25, 0.3) is 0 Å². The van der Waals surface area contributed by atoms with Crippen molar-refractivity contribution in [3.8, 4) is 17.2 Å². The van der Waals surface area contributed by atoms with Gasteiger partial charge in [0.1, 0.15) is 17.2 Å². The highest BCUT2D eigenvalue weighted by molar-refractivity contribution is 7.71. The summed E-state index contributed by atoms with van der Waals surface area (Å²) in [5.74, 6) is -0.218. The lowest BCUT2D eigenvalue weighted by Gasteiger charge is -2.12. The van der Waals surface area contributed by atoms with Crippen LogP contribution in [-0.4, -0.2) is 32.6 Å². The van der Waals surface area contributed by atoms with Gasteiger partial charge in [-0.1, -0.05) is 74.7 Å². The van der Waals surface area contributed by atoms with E-state index in [1.807, 2.05) is 0 Å². The number of ether oxygens (including phenoxy) is 3. The molecule has 0 aliphatic rings. The predicted molar refractivity (Wildman–Crippen MR) is 139 cm³/mol. The summed E-state index contributed by atoms with van der Waals surface area (Å²) in [6.07, 6.45) is 0. The zero-order valence-electron chi connectivity index (χ0n) is 18.3. The van der Waals surface area contributed by atoms with E-state index in [1.54, 1.807) is 0 Å². The largest absolute Gasteiger partial charge is 0.496 e. The van der Waals surface area contributed by atoms with Crippen LogP contribution in [0.2, 0.25) is 25.1 Å². The minimum absolute atomic E-state index is 0.0632. The first kappa shape index (κ1) is 27.5. The van der Waals surface area contributed by atoms with Gasteiger partial charge in [0.25, 0.3) is 0 Å². The van der Waals surface area contributed by atoms with E-state index in [-0.39, 0.29) is 58.6 Å². The van der Waals surface area contributed by atoms with Gasteiger partial charge in [-0.2, -0.15) is 0 Å². The molecular weight excluding hydrogens is 580 g/mol. The van der Waals surface area contributed by atoms with Crippen LogP contribution in [0.4, 0.5) is 0 Å². The fourth-order valence-corrected chi connectivity index (χ4v) is 5.78. The third kappa shape index (κ3) is 5.10. The molecule has 182 valence electrons. The second-order valence-electron chi connectivity index (χ2n) is 6.80. The van der Waals surface area contributed by atoms with Crippen LogP contribution in [0, 0.1) is 0 Å². The van der Waals surface area contributed by atoms with Crippen LogP contribution in [0.5, 0.6) is 17.2 Å². The quantitative estimate of drug-likeness (QED) is 0.116. The molecule has 0 aliphatic heterocycles. The van der Waals surface area contributed by atoms with E-state index in [4.69, 9.17) is 72.2 Å². The molecule has 0 aliphatic carbocycles. The summed E-state index contributed by atoms with van der Waals surface area (Å²) in [6.45, 7) is 0. The summed E-state index contributed by atoms with van der Waals surface area (Å²) >= 11 is 30.7. The molecule has 0 aromatic heterocycles. The highest BCUT2D eigenvalue weighted by Crippen LogP contribution is 2.45. The molecule has 35 heavy (non-hydrogen) atoms. The van der Waals surface area contributed by atoms with E-state index in [9.17, 15) is 14.2 Å². The first-order chi connectivity index (χ1) is 16.6. The van der Waals surface area contributed by atoms with Crippen molar-refractivity contribution in [1.82, 2.24) is 0 Å². The number of hydrogen-bond acceptors (Lipinski definition) is 6. The van der Waals surface area contributed by atoms with Crippen LogP contribution < -0.4 is 19.5 Å². The normalized spacial score (nSPS) is 11.1. The fraction of sp³-hybridized carbons (Fsp3) is 0.130. The molecule has 6 nitrogen and oxygen atoms in total. The van der Waals surface area contributed by atoms with Crippen molar-refractivity contribution in [1.29, 1.82) is 0 Å². The molecule has 0 fully saturated rings. The minimum atomic E-state index is -2.84. The molecule has 3 aromatic rings. The van der Waals surface area contributed by atoms with Crippen molar-refractivity contribution >= 4 is 82.4 Å². The van der Waals surface area contributed by atoms with E-state index < -0.39 is 19.1 Å². The molecule has 0 bridgehead atoms. The van der Waals surface area contributed by atoms with Crippen LogP contribution in [0.15, 0.2) is 36.4 Å². The van der Waals surface area contributed by atoms with Crippen LogP contribution in [-0.2, 0) is 4.57 Å². The number of carbonyl (C=O) groups is 2. The molecule has 0 spiro atoms. The van der Waals surface area contributed by atoms with Crippen LogP contribution >= 0.6 is 65.8 Å². The average molecular weight is 596 g/mol. The van der Waals surface area contributed by atoms with Crippen molar-refractivity contribution < 1.29 is 28.4 Å². The summed E-state index contributed by atoms with van der Waals surface area (Å²) in [6, 6.07) is 8.72. The highest BCUT2D eigenvalue weighted by Gasteiger charge is 2.41. The summed E-state index contributed by atoms with van der Waals surface area (Å²) in [5, 5.41) is -0.981. The monoisotopic (exact) mass is 593 g/mol. The van der Waals surface area contributed by atoms with Crippen molar-refractivity contribution in [3.63, 3.8) is 0 Å². The topological polar surface area (TPSA) is 78.9 Å². The lowest BCUT2D eigenvalue weighted by molar-refractivity contribution is 0.103. The van der Waals surface area contributed by atoms with Gasteiger partial charge in [-0.3, -0.25) is 4.79 Å². The highest BCUT2D eigenvalue weighted by atomic mass is 35.5. The Kier molecular flexibility index (Phi) is 8.92. The van der Waals surface area contributed by atoms with E-state index in [0.29, 0.717) is 5.75 Å². The molecule has 0 heterocycles. The SMILES string of the molecule is COc1cc(OC)c(C(=O)[P+](=O)c2ccccc2C(=O)c2c(Cl)c(Cl)c(Cl)c(Cl)c2Cl)c(OC)c1. The Balaban J connectivity index is 2.16. The Morgan fingerprint density at radius 3 is 1.69 bits per heavy atom. The van der Waals surface area contributed by atoms with Crippen LogP contribution in [0.1, 0.15) is 26.3 Å². The fourth-order valence-electron chi connectivity index (χ4n) is 3.21. The van der Waals surface area contributed by atoms with Gasteiger partial charge >= 0.3 is 13.3 Å². The maximum Gasteiger partial charge on any atom is 0.459 e. The molecule has 0 radical (unpaired) electrons. The van der Waals surface area contributed by atoms with Gasteiger partial charge in [0.15, 0.2) is 5.56 Å². The van der Waals surface area contributed by atoms with Crippen LogP contribution in [0.3, 0.4) is 0 Å². The second kappa shape index (κ2) is 11.3. The number of rotatable bonds is 8. The van der Waals surface area contributed by atoms with Gasteiger partial charge in [-0.05, 0) is 12.1 Å². The molecule has 1 unspecified atom stereocenters. The number of benzene rings is 3. The standard InChI is InChI=1S/C23H15Cl5O6P/c1-32-10-8-12(33-2)15(13(9-10)34-3)23(30)35(31)14-7-5-4-6-11(14)22(29)16-17(24)19(26)21(28)20(27)18(16)25/h4-9H,1-3H3/q+1. The summed E-state index contributed by atoms with van der Waals surface area (Å²) < 4.78 is 29.3. The first-order valence-electron chi connectivity index (χ1n) is 9.55. The summed E-state index contributed by atoms with van der Waals surface area (Å²) in [4.78, 5) is 26.9. The zero-order valence-corrected chi connectivity index (χ0v) is 22.9. The van der Waals surface area contributed by atoms with Crippen molar-refractivity contribution in [2.75, 3.05) is 21.3 Å². The van der Waals surface area contributed by atoms with Gasteiger partial charge in [-0.15, -0.1) is 0 Å². The van der Waals surface area contributed by atoms with Crippen molar-refractivity contribution in [2.24, 2.45) is 0 Å². The van der Waals surface area contributed by atoms with Crippen molar-refractivity contribution in [3.05, 3.63) is 78.2 Å². The maximum absolute atomic E-state index is 13.5. The molecule has 3 aromatic carbocycles. The molecule has 0 amide bonds. The molecular formula is C23H15Cl5O6P+. The molecule has 12 heteroatoms. The number of ketones is 1. The van der Waals surface area contributed by atoms with Gasteiger partial charge in [0.05, 0.1) is 57.6 Å². The lowest BCUT2D eigenvalue weighted by atomic mass is 10.0. The Labute approximate surface area is 226 Å². The molecule has 1 atom stereocenters. The Bertz CT molecular complexity index is 1320. The third-order valence-electron chi connectivity index (χ3n) is 4.92. The lowest BCUT2D eigenvalue weighted by Crippen LogP contribution is -2.17. The summed E-state index contributed by atoms with van der Waals surface area (Å²) in [5.41, 5.74) is -1.24. The second-order valence-corrected chi connectivity index (χ2v) is 10.2. The molecule has 0 saturated carbocycles. The summed E-state index contributed by atoms with van der Waals surface area (Å²) in [7, 11) is 1.27. The minimum Gasteiger partial charge on any atom is -0.496 e.